The molecule has 0 aromatic heterocycles. The van der Waals surface area contributed by atoms with Crippen LogP contribution in [0.2, 0.25) is 10.0 Å². The molecule has 3 amide bonds. The van der Waals surface area contributed by atoms with Crippen molar-refractivity contribution in [2.45, 2.75) is 31.4 Å². The predicted molar refractivity (Wildman–Crippen MR) is 162 cm³/mol. The van der Waals surface area contributed by atoms with Crippen LogP contribution in [0.1, 0.15) is 30.7 Å². The summed E-state index contributed by atoms with van der Waals surface area (Å²) in [5.41, 5.74) is 2.58. The average molecular weight is 617 g/mol. The molecule has 2 unspecified atom stereocenters. The summed E-state index contributed by atoms with van der Waals surface area (Å²) in [6, 6.07) is 11.4. The number of carbonyl (C=O) groups excluding carboxylic acids is 3. The van der Waals surface area contributed by atoms with Crippen molar-refractivity contribution < 1.29 is 24.2 Å². The fraction of sp³-hybridized carbons (Fsp3) is 0.433. The molecule has 1 fully saturated rings. The Labute approximate surface area is 255 Å². The maximum atomic E-state index is 12.4. The lowest BCUT2D eigenvalue weighted by molar-refractivity contribution is -0.137. The van der Waals surface area contributed by atoms with Gasteiger partial charge in [-0.2, -0.15) is 0 Å². The van der Waals surface area contributed by atoms with E-state index in [1.165, 1.54) is 12.2 Å². The highest BCUT2D eigenvalue weighted by atomic mass is 35.5. The van der Waals surface area contributed by atoms with Gasteiger partial charge in [-0.05, 0) is 49.2 Å². The van der Waals surface area contributed by atoms with Gasteiger partial charge in [-0.25, -0.2) is 0 Å². The first kappa shape index (κ1) is 30.2. The predicted octanol–water partition coefficient (Wildman–Crippen LogP) is 3.23. The van der Waals surface area contributed by atoms with E-state index in [0.29, 0.717) is 28.1 Å². The van der Waals surface area contributed by atoms with E-state index < -0.39 is 18.0 Å². The summed E-state index contributed by atoms with van der Waals surface area (Å²) < 4.78 is 5.98. The van der Waals surface area contributed by atoms with Crippen molar-refractivity contribution >= 4 is 52.3 Å². The van der Waals surface area contributed by atoms with Crippen LogP contribution in [0.5, 0.6) is 5.75 Å². The lowest BCUT2D eigenvalue weighted by Gasteiger charge is -2.36. The molecule has 5 rings (SSSR count). The molecule has 0 bridgehead atoms. The van der Waals surface area contributed by atoms with E-state index >= 15 is 0 Å². The number of halogens is 2. The Bertz CT molecular complexity index is 1350. The van der Waals surface area contributed by atoms with Crippen LogP contribution in [0.25, 0.3) is 0 Å². The van der Waals surface area contributed by atoms with Crippen LogP contribution in [0.3, 0.4) is 0 Å². The second kappa shape index (κ2) is 13.8. The van der Waals surface area contributed by atoms with E-state index in [4.69, 9.17) is 27.9 Å². The zero-order chi connectivity index (χ0) is 29.6. The molecule has 2 atom stereocenters. The molecule has 0 spiro atoms. The summed E-state index contributed by atoms with van der Waals surface area (Å²) in [6.07, 6.45) is 3.63. The smallest absolute Gasteiger partial charge is 0.249 e. The molecule has 2 aromatic carbocycles. The number of nitrogens with zero attached hydrogens (tertiary/aromatic N) is 3. The number of aliphatic hydroxyl groups excluding tert-OH is 1. The summed E-state index contributed by atoms with van der Waals surface area (Å²) in [5.74, 6) is -0.470. The van der Waals surface area contributed by atoms with Crippen molar-refractivity contribution in [3.8, 4) is 5.75 Å². The number of benzene rings is 2. The number of rotatable bonds is 11. The van der Waals surface area contributed by atoms with E-state index in [-0.39, 0.29) is 31.3 Å². The Kier molecular flexibility index (Phi) is 9.89. The van der Waals surface area contributed by atoms with E-state index in [1.807, 2.05) is 30.3 Å². The van der Waals surface area contributed by atoms with Crippen molar-refractivity contribution in [1.82, 2.24) is 15.1 Å². The molecule has 1 saturated heterocycles. The van der Waals surface area contributed by atoms with Gasteiger partial charge in [0.2, 0.25) is 17.7 Å². The van der Waals surface area contributed by atoms with Gasteiger partial charge in [0.25, 0.3) is 0 Å². The Morgan fingerprint density at radius 2 is 1.90 bits per heavy atom. The van der Waals surface area contributed by atoms with Gasteiger partial charge in [0.05, 0.1) is 22.3 Å². The van der Waals surface area contributed by atoms with Gasteiger partial charge < -0.3 is 30.3 Å². The van der Waals surface area contributed by atoms with Gasteiger partial charge >= 0.3 is 0 Å². The average Bonchev–Trinajstić information content (AvgIpc) is 3.29. The summed E-state index contributed by atoms with van der Waals surface area (Å²) in [6.45, 7) is 5.29. The quantitative estimate of drug-likeness (QED) is 0.333. The number of hydrogen-bond acceptors (Lipinski definition) is 7. The minimum atomic E-state index is -1.10. The summed E-state index contributed by atoms with van der Waals surface area (Å²) >= 11 is 12.6. The number of ether oxygens (including phenoxy) is 1. The molecule has 3 aliphatic rings. The van der Waals surface area contributed by atoms with E-state index in [9.17, 15) is 19.5 Å². The molecule has 10 nitrogen and oxygen atoms in total. The standard InChI is InChI=1S/C30H35Cl2N5O5/c31-23-4-3-5-25(30(23)32)36-13-11-35(12-14-36)10-1-2-15-42-21-6-7-22-20(16-26(38)34-24(22)17-21)18-33-27(39)19-37-28(40)8-9-29(37)41/h3-9,17,20,28,40H,1-2,10-16,18-19H2,(H,33,39)(H,34,38). The van der Waals surface area contributed by atoms with Crippen molar-refractivity contribution in [1.29, 1.82) is 0 Å². The van der Waals surface area contributed by atoms with Gasteiger partial charge in [0.1, 0.15) is 18.5 Å². The van der Waals surface area contributed by atoms with Crippen molar-refractivity contribution in [3.05, 3.63) is 64.2 Å². The third kappa shape index (κ3) is 7.36. The van der Waals surface area contributed by atoms with Crippen LogP contribution in [0.4, 0.5) is 11.4 Å². The molecule has 0 aliphatic carbocycles. The molecule has 0 saturated carbocycles. The van der Waals surface area contributed by atoms with Gasteiger partial charge in [0.15, 0.2) is 0 Å². The number of hydrogen-bond donors (Lipinski definition) is 3. The second-order valence-corrected chi connectivity index (χ2v) is 11.5. The lowest BCUT2D eigenvalue weighted by Crippen LogP contribution is -2.46. The highest BCUT2D eigenvalue weighted by Gasteiger charge is 2.28. The van der Waals surface area contributed by atoms with Gasteiger partial charge in [-0.3, -0.25) is 19.3 Å². The number of nitrogens with one attached hydrogen (secondary N) is 2. The molecular weight excluding hydrogens is 581 g/mol. The largest absolute Gasteiger partial charge is 0.494 e. The van der Waals surface area contributed by atoms with Crippen LogP contribution >= 0.6 is 23.2 Å². The lowest BCUT2D eigenvalue weighted by atomic mass is 9.90. The third-order valence-electron chi connectivity index (χ3n) is 7.82. The molecule has 3 N–H and O–H groups in total. The normalized spacial score (nSPS) is 20.5. The Hall–Kier alpha value is -3.31. The molecule has 12 heteroatoms. The molecule has 0 radical (unpaired) electrons. The zero-order valence-electron chi connectivity index (χ0n) is 23.2. The number of piperazine rings is 1. The first-order valence-electron chi connectivity index (χ1n) is 14.2. The molecular formula is C30H35Cl2N5O5. The third-order valence-corrected chi connectivity index (χ3v) is 8.63. The fourth-order valence-electron chi connectivity index (χ4n) is 5.50. The summed E-state index contributed by atoms with van der Waals surface area (Å²) in [4.78, 5) is 42.3. The monoisotopic (exact) mass is 615 g/mol. The SMILES string of the molecule is O=C(CN1C(=O)C=CC1O)NCC1CC(=O)Nc2cc(OCCCCN3CCN(c4cccc(Cl)c4Cl)CC3)ccc21. The molecule has 224 valence electrons. The number of fused-ring (bicyclic) bond motifs is 1. The highest BCUT2D eigenvalue weighted by molar-refractivity contribution is 6.43. The number of unbranched alkanes of at least 4 members (excludes halogenated alkanes) is 1. The number of carbonyl (C=O) groups is 3. The fourth-order valence-corrected chi connectivity index (χ4v) is 5.92. The molecule has 3 heterocycles. The van der Waals surface area contributed by atoms with Crippen LogP contribution < -0.4 is 20.3 Å². The Balaban J connectivity index is 1.03. The first-order chi connectivity index (χ1) is 20.3. The topological polar surface area (TPSA) is 114 Å². The zero-order valence-corrected chi connectivity index (χ0v) is 24.7. The minimum Gasteiger partial charge on any atom is -0.494 e. The van der Waals surface area contributed by atoms with Crippen molar-refractivity contribution in [3.63, 3.8) is 0 Å². The second-order valence-electron chi connectivity index (χ2n) is 10.7. The van der Waals surface area contributed by atoms with E-state index in [2.05, 4.69) is 20.4 Å². The van der Waals surface area contributed by atoms with Gasteiger partial charge in [0, 0.05) is 62.9 Å². The number of anilines is 2. The van der Waals surface area contributed by atoms with Crippen LogP contribution in [-0.4, -0.2) is 91.3 Å². The maximum Gasteiger partial charge on any atom is 0.249 e. The van der Waals surface area contributed by atoms with Gasteiger partial charge in [-0.1, -0.05) is 35.3 Å². The highest BCUT2D eigenvalue weighted by Crippen LogP contribution is 2.35. The van der Waals surface area contributed by atoms with Crippen LogP contribution in [-0.2, 0) is 14.4 Å². The van der Waals surface area contributed by atoms with Crippen LogP contribution in [0.15, 0.2) is 48.6 Å². The minimum absolute atomic E-state index is 0.133. The van der Waals surface area contributed by atoms with Crippen molar-refractivity contribution in [2.24, 2.45) is 0 Å². The van der Waals surface area contributed by atoms with Crippen LogP contribution in [0, 0.1) is 0 Å². The van der Waals surface area contributed by atoms with Crippen molar-refractivity contribution in [2.75, 3.05) is 62.6 Å². The first-order valence-corrected chi connectivity index (χ1v) is 15.0. The van der Waals surface area contributed by atoms with E-state index in [0.717, 1.165) is 61.7 Å². The Morgan fingerprint density at radius 3 is 2.67 bits per heavy atom. The molecule has 2 aromatic rings. The maximum absolute atomic E-state index is 12.4. The Morgan fingerprint density at radius 1 is 1.10 bits per heavy atom. The van der Waals surface area contributed by atoms with E-state index in [1.54, 1.807) is 6.07 Å². The molecule has 42 heavy (non-hydrogen) atoms. The number of amides is 3. The summed E-state index contributed by atoms with van der Waals surface area (Å²) in [5, 5.41) is 16.7. The van der Waals surface area contributed by atoms with Gasteiger partial charge in [-0.15, -0.1) is 0 Å². The number of aliphatic hydroxyl groups is 1. The summed E-state index contributed by atoms with van der Waals surface area (Å²) in [7, 11) is 0. The molecule has 3 aliphatic heterocycles.